The van der Waals surface area contributed by atoms with Crippen molar-refractivity contribution in [2.24, 2.45) is 11.3 Å². The Bertz CT molecular complexity index is 948. The highest BCUT2D eigenvalue weighted by molar-refractivity contribution is 7.88. The number of hydrogen-bond acceptors (Lipinski definition) is 4. The zero-order valence-electron chi connectivity index (χ0n) is 19.1. The van der Waals surface area contributed by atoms with Gasteiger partial charge in [-0.1, -0.05) is 24.6 Å². The predicted octanol–water partition coefficient (Wildman–Crippen LogP) is 4.56. The molecule has 3 aliphatic rings. The molecule has 0 amide bonds. The lowest BCUT2D eigenvalue weighted by Gasteiger charge is -2.47. The Morgan fingerprint density at radius 3 is 2.24 bits per heavy atom. The fourth-order valence-corrected chi connectivity index (χ4v) is 5.84. The van der Waals surface area contributed by atoms with E-state index in [1.807, 2.05) is 35.2 Å². The van der Waals surface area contributed by atoms with Crippen molar-refractivity contribution in [2.45, 2.75) is 44.7 Å². The van der Waals surface area contributed by atoms with Gasteiger partial charge in [0.15, 0.2) is 0 Å². The van der Waals surface area contributed by atoms with Crippen LogP contribution in [0.25, 0.3) is 5.57 Å². The lowest BCUT2D eigenvalue weighted by atomic mass is 9.67. The van der Waals surface area contributed by atoms with Crippen molar-refractivity contribution in [3.05, 3.63) is 35.9 Å². The Hall–Kier alpha value is -1.58. The third kappa shape index (κ3) is 5.74. The SMILES string of the molecule is CS(=O)(=O)N1CC=C(c2ccc(OCC3CCN(CC4(C(F)(F)F)CCC4)CC3)cc2)CC1. The third-order valence-corrected chi connectivity index (χ3v) is 8.77. The van der Waals surface area contributed by atoms with Crippen LogP contribution < -0.4 is 4.74 Å². The monoisotopic (exact) mass is 486 g/mol. The van der Waals surface area contributed by atoms with Crippen molar-refractivity contribution in [1.29, 1.82) is 0 Å². The lowest BCUT2D eigenvalue weighted by molar-refractivity contribution is -0.256. The molecule has 0 atom stereocenters. The summed E-state index contributed by atoms with van der Waals surface area (Å²) in [5, 5.41) is 0. The van der Waals surface area contributed by atoms with E-state index in [1.54, 1.807) is 0 Å². The van der Waals surface area contributed by atoms with E-state index in [-0.39, 0.29) is 19.4 Å². The van der Waals surface area contributed by atoms with Crippen molar-refractivity contribution in [1.82, 2.24) is 9.21 Å². The minimum atomic E-state index is -4.10. The van der Waals surface area contributed by atoms with Gasteiger partial charge in [0, 0.05) is 19.6 Å². The topological polar surface area (TPSA) is 49.9 Å². The maximum atomic E-state index is 13.4. The number of ether oxygens (including phenoxy) is 1. The number of sulfonamides is 1. The van der Waals surface area contributed by atoms with Crippen molar-refractivity contribution in [3.8, 4) is 5.75 Å². The van der Waals surface area contributed by atoms with E-state index in [0.29, 0.717) is 51.5 Å². The van der Waals surface area contributed by atoms with E-state index in [1.165, 1.54) is 10.6 Å². The first-order valence-corrected chi connectivity index (χ1v) is 13.6. The highest BCUT2D eigenvalue weighted by atomic mass is 32.2. The largest absolute Gasteiger partial charge is 0.493 e. The van der Waals surface area contributed by atoms with Gasteiger partial charge in [0.25, 0.3) is 0 Å². The maximum absolute atomic E-state index is 13.4. The second kappa shape index (κ2) is 9.58. The minimum absolute atomic E-state index is 0.142. The Kier molecular flexibility index (Phi) is 7.13. The Labute approximate surface area is 194 Å². The molecule has 9 heteroatoms. The molecule has 5 nitrogen and oxygen atoms in total. The lowest BCUT2D eigenvalue weighted by Crippen LogP contribution is -2.53. The van der Waals surface area contributed by atoms with Gasteiger partial charge in [0.2, 0.25) is 10.0 Å². The predicted molar refractivity (Wildman–Crippen MR) is 122 cm³/mol. The number of likely N-dealkylation sites (tertiary alicyclic amines) is 1. The standard InChI is InChI=1S/C24H33F3N2O3S/c1-33(30,31)29-15-9-21(10-16-29)20-3-5-22(6-4-20)32-17-19-7-13-28(14-8-19)18-23(11-2-12-23)24(25,26)27/h3-6,9,19H,2,7-8,10-18H2,1H3. The van der Waals surface area contributed by atoms with Crippen LogP contribution in [0.15, 0.2) is 30.3 Å². The molecule has 0 N–H and O–H groups in total. The molecular formula is C24H33F3N2O3S. The summed E-state index contributed by atoms with van der Waals surface area (Å²) in [5.74, 6) is 1.13. The summed E-state index contributed by atoms with van der Waals surface area (Å²) in [6, 6.07) is 7.85. The Morgan fingerprint density at radius 1 is 1.09 bits per heavy atom. The molecule has 0 radical (unpaired) electrons. The van der Waals surface area contributed by atoms with E-state index >= 15 is 0 Å². The molecule has 1 saturated carbocycles. The van der Waals surface area contributed by atoms with Crippen LogP contribution in [0.4, 0.5) is 13.2 Å². The van der Waals surface area contributed by atoms with Gasteiger partial charge >= 0.3 is 6.18 Å². The highest BCUT2D eigenvalue weighted by Crippen LogP contribution is 2.53. The molecular weight excluding hydrogens is 453 g/mol. The number of alkyl halides is 3. The van der Waals surface area contributed by atoms with E-state index in [2.05, 4.69) is 0 Å². The summed E-state index contributed by atoms with van der Waals surface area (Å²) < 4.78 is 71.0. The van der Waals surface area contributed by atoms with Gasteiger partial charge in [0.1, 0.15) is 5.75 Å². The maximum Gasteiger partial charge on any atom is 0.395 e. The molecule has 184 valence electrons. The van der Waals surface area contributed by atoms with E-state index in [0.717, 1.165) is 29.7 Å². The number of nitrogens with zero attached hydrogens (tertiary/aromatic N) is 2. The van der Waals surface area contributed by atoms with Crippen molar-refractivity contribution in [3.63, 3.8) is 0 Å². The number of piperidine rings is 1. The van der Waals surface area contributed by atoms with Gasteiger partial charge in [-0.3, -0.25) is 0 Å². The highest BCUT2D eigenvalue weighted by Gasteiger charge is 2.58. The van der Waals surface area contributed by atoms with Gasteiger partial charge < -0.3 is 9.64 Å². The molecule has 2 fully saturated rings. The molecule has 0 unspecified atom stereocenters. The van der Waals surface area contributed by atoms with Gasteiger partial charge in [-0.15, -0.1) is 0 Å². The van der Waals surface area contributed by atoms with Gasteiger partial charge in [-0.25, -0.2) is 8.42 Å². The van der Waals surface area contributed by atoms with Crippen LogP contribution in [0.1, 0.15) is 44.1 Å². The van der Waals surface area contributed by atoms with Crippen molar-refractivity contribution < 1.29 is 26.3 Å². The summed E-state index contributed by atoms with van der Waals surface area (Å²) >= 11 is 0. The molecule has 2 aliphatic heterocycles. The van der Waals surface area contributed by atoms with E-state index in [4.69, 9.17) is 4.74 Å². The smallest absolute Gasteiger partial charge is 0.395 e. The fourth-order valence-electron chi connectivity index (χ4n) is 5.07. The van der Waals surface area contributed by atoms with E-state index < -0.39 is 21.6 Å². The molecule has 0 spiro atoms. The summed E-state index contributed by atoms with van der Waals surface area (Å²) in [6.07, 6.45) is 2.70. The minimum Gasteiger partial charge on any atom is -0.493 e. The van der Waals surface area contributed by atoms with E-state index in [9.17, 15) is 21.6 Å². The molecule has 0 aromatic heterocycles. The van der Waals surface area contributed by atoms with Crippen LogP contribution in [-0.2, 0) is 10.0 Å². The average Bonchev–Trinajstić information content (AvgIpc) is 2.74. The quantitative estimate of drug-likeness (QED) is 0.567. The molecule has 4 rings (SSSR count). The van der Waals surface area contributed by atoms with Crippen LogP contribution >= 0.6 is 0 Å². The molecule has 1 aliphatic carbocycles. The molecule has 0 bridgehead atoms. The molecule has 1 aromatic rings. The zero-order valence-corrected chi connectivity index (χ0v) is 19.9. The molecule has 2 heterocycles. The Balaban J connectivity index is 1.22. The van der Waals surface area contributed by atoms with Crippen molar-refractivity contribution in [2.75, 3.05) is 45.6 Å². The van der Waals surface area contributed by atoms with Crippen LogP contribution in [0, 0.1) is 11.3 Å². The van der Waals surface area contributed by atoms with Crippen LogP contribution in [-0.4, -0.2) is 69.4 Å². The number of rotatable bonds is 7. The van der Waals surface area contributed by atoms with Gasteiger partial charge in [0.05, 0.1) is 18.3 Å². The molecule has 1 saturated heterocycles. The Morgan fingerprint density at radius 2 is 1.76 bits per heavy atom. The number of hydrogen-bond donors (Lipinski definition) is 0. The van der Waals surface area contributed by atoms with Crippen LogP contribution in [0.2, 0.25) is 0 Å². The number of halogens is 3. The first-order chi connectivity index (χ1) is 15.6. The summed E-state index contributed by atoms with van der Waals surface area (Å²) in [5.41, 5.74) is 0.727. The summed E-state index contributed by atoms with van der Waals surface area (Å²) in [6.45, 7) is 3.00. The van der Waals surface area contributed by atoms with Crippen molar-refractivity contribution >= 4 is 15.6 Å². The average molecular weight is 487 g/mol. The fraction of sp³-hybridized carbons (Fsp3) is 0.667. The normalized spacial score (nSPS) is 23.1. The first kappa shape index (κ1) is 24.5. The van der Waals surface area contributed by atoms with Crippen LogP contribution in [0.5, 0.6) is 5.75 Å². The number of benzene rings is 1. The first-order valence-electron chi connectivity index (χ1n) is 11.7. The van der Waals surface area contributed by atoms with Gasteiger partial charge in [-0.2, -0.15) is 17.5 Å². The summed E-state index contributed by atoms with van der Waals surface area (Å²) in [7, 11) is -3.16. The molecule has 33 heavy (non-hydrogen) atoms. The second-order valence-electron chi connectivity index (χ2n) is 9.79. The van der Waals surface area contributed by atoms with Crippen LogP contribution in [0.3, 0.4) is 0 Å². The van der Waals surface area contributed by atoms with Gasteiger partial charge in [-0.05, 0) is 74.4 Å². The zero-order chi connectivity index (χ0) is 23.7. The summed E-state index contributed by atoms with van der Waals surface area (Å²) in [4.78, 5) is 1.99. The second-order valence-corrected chi connectivity index (χ2v) is 11.8. The molecule has 1 aromatic carbocycles. The third-order valence-electron chi connectivity index (χ3n) is 7.50.